The first-order valence-electron chi connectivity index (χ1n) is 8.11. The number of nitrogens with one attached hydrogen (secondary N) is 1. The largest absolute Gasteiger partial charge is 0.444 e. The standard InChI is InChI=1S/C16H24ClN3O5S/c1-16(2,3)25-15(21)20-6-7-24-11(10-20)9-19-14-5-4-12(8-13(14)17)26(18,22)23/h4-5,8,11,19H,6-7,9-10H2,1-3H3,(H2,18,22,23)/t11-/m1/s1. The van der Waals surface area contributed by atoms with E-state index in [0.717, 1.165) is 0 Å². The van der Waals surface area contributed by atoms with Gasteiger partial charge >= 0.3 is 6.09 Å². The first-order chi connectivity index (χ1) is 12.0. The van der Waals surface area contributed by atoms with Crippen LogP contribution >= 0.6 is 11.6 Å². The predicted molar refractivity (Wildman–Crippen MR) is 98.9 cm³/mol. The molecular formula is C16H24ClN3O5S. The maximum Gasteiger partial charge on any atom is 0.410 e. The molecule has 0 aliphatic carbocycles. The van der Waals surface area contributed by atoms with Crippen molar-refractivity contribution in [3.05, 3.63) is 23.2 Å². The lowest BCUT2D eigenvalue weighted by atomic mass is 10.2. The summed E-state index contributed by atoms with van der Waals surface area (Å²) >= 11 is 6.10. The van der Waals surface area contributed by atoms with Crippen LogP contribution in [0.15, 0.2) is 23.1 Å². The summed E-state index contributed by atoms with van der Waals surface area (Å²) in [6, 6.07) is 4.20. The van der Waals surface area contributed by atoms with Gasteiger partial charge in [-0.05, 0) is 39.0 Å². The van der Waals surface area contributed by atoms with Crippen LogP contribution in [0.25, 0.3) is 0 Å². The number of halogens is 1. The molecule has 1 saturated heterocycles. The monoisotopic (exact) mass is 405 g/mol. The van der Waals surface area contributed by atoms with Crippen molar-refractivity contribution >= 4 is 33.4 Å². The van der Waals surface area contributed by atoms with Crippen LogP contribution in [0.1, 0.15) is 20.8 Å². The highest BCUT2D eigenvalue weighted by molar-refractivity contribution is 7.89. The van der Waals surface area contributed by atoms with Gasteiger partial charge in [-0.15, -0.1) is 0 Å². The van der Waals surface area contributed by atoms with E-state index >= 15 is 0 Å². The average Bonchev–Trinajstić information content (AvgIpc) is 2.51. The normalized spacial score (nSPS) is 18.5. The Balaban J connectivity index is 1.94. The Bertz CT molecular complexity index is 764. The zero-order chi connectivity index (χ0) is 19.5. The van der Waals surface area contributed by atoms with Crippen molar-refractivity contribution in [2.24, 2.45) is 5.14 Å². The number of nitrogens with zero attached hydrogens (tertiary/aromatic N) is 1. The topological polar surface area (TPSA) is 111 Å². The maximum atomic E-state index is 12.2. The number of rotatable bonds is 4. The van der Waals surface area contributed by atoms with Crippen LogP contribution in [0.3, 0.4) is 0 Å². The van der Waals surface area contributed by atoms with Crippen molar-refractivity contribution in [3.8, 4) is 0 Å². The van der Waals surface area contributed by atoms with E-state index in [4.69, 9.17) is 26.2 Å². The minimum atomic E-state index is -3.80. The molecule has 0 spiro atoms. The molecule has 1 amide bonds. The molecule has 1 aliphatic heterocycles. The number of benzene rings is 1. The van der Waals surface area contributed by atoms with Crippen LogP contribution in [-0.2, 0) is 19.5 Å². The number of hydrogen-bond donors (Lipinski definition) is 2. The van der Waals surface area contributed by atoms with Gasteiger partial charge in [0.1, 0.15) is 5.60 Å². The third kappa shape index (κ3) is 6.01. The van der Waals surface area contributed by atoms with Crippen molar-refractivity contribution in [1.29, 1.82) is 0 Å². The Morgan fingerprint density at radius 3 is 2.73 bits per heavy atom. The number of sulfonamides is 1. The van der Waals surface area contributed by atoms with Crippen molar-refractivity contribution in [2.75, 3.05) is 31.6 Å². The summed E-state index contributed by atoms with van der Waals surface area (Å²) in [6.45, 7) is 7.11. The second kappa shape index (κ2) is 7.99. The number of amides is 1. The molecule has 0 bridgehead atoms. The molecular weight excluding hydrogens is 382 g/mol. The number of hydrogen-bond acceptors (Lipinski definition) is 6. The lowest BCUT2D eigenvalue weighted by Gasteiger charge is -2.34. The van der Waals surface area contributed by atoms with E-state index in [1.54, 1.807) is 4.90 Å². The van der Waals surface area contributed by atoms with E-state index in [9.17, 15) is 13.2 Å². The first-order valence-corrected chi connectivity index (χ1v) is 10.0. The molecule has 0 unspecified atom stereocenters. The number of ether oxygens (including phenoxy) is 2. The molecule has 1 aromatic rings. The number of morpholine rings is 1. The summed E-state index contributed by atoms with van der Waals surface area (Å²) in [5.74, 6) is 0. The zero-order valence-corrected chi connectivity index (χ0v) is 16.6. The Hall–Kier alpha value is -1.55. The van der Waals surface area contributed by atoms with Crippen LogP contribution in [-0.4, -0.2) is 57.4 Å². The summed E-state index contributed by atoms with van der Waals surface area (Å²) in [6.07, 6.45) is -0.619. The first kappa shape index (κ1) is 20.8. The fourth-order valence-electron chi connectivity index (χ4n) is 2.38. The second-order valence-electron chi connectivity index (χ2n) is 6.99. The van der Waals surface area contributed by atoms with Crippen molar-refractivity contribution in [1.82, 2.24) is 4.90 Å². The molecule has 0 radical (unpaired) electrons. The smallest absolute Gasteiger partial charge is 0.410 e. The highest BCUT2D eigenvalue weighted by atomic mass is 35.5. The molecule has 0 aromatic heterocycles. The average molecular weight is 406 g/mol. The van der Waals surface area contributed by atoms with E-state index in [1.165, 1.54) is 18.2 Å². The molecule has 26 heavy (non-hydrogen) atoms. The summed E-state index contributed by atoms with van der Waals surface area (Å²) < 4.78 is 33.7. The minimum Gasteiger partial charge on any atom is -0.444 e. The molecule has 1 aliphatic rings. The number of anilines is 1. The van der Waals surface area contributed by atoms with Gasteiger partial charge in [-0.2, -0.15) is 0 Å². The summed E-state index contributed by atoms with van der Waals surface area (Å²) in [4.78, 5) is 13.7. The number of nitrogens with two attached hydrogens (primary N) is 1. The summed E-state index contributed by atoms with van der Waals surface area (Å²) in [7, 11) is -3.80. The second-order valence-corrected chi connectivity index (χ2v) is 8.96. The van der Waals surface area contributed by atoms with E-state index < -0.39 is 15.6 Å². The molecule has 1 aromatic carbocycles. The van der Waals surface area contributed by atoms with E-state index in [-0.39, 0.29) is 22.1 Å². The molecule has 146 valence electrons. The molecule has 0 saturated carbocycles. The molecule has 8 nitrogen and oxygen atoms in total. The van der Waals surface area contributed by atoms with Gasteiger partial charge in [-0.3, -0.25) is 0 Å². The fourth-order valence-corrected chi connectivity index (χ4v) is 3.23. The van der Waals surface area contributed by atoms with Gasteiger partial charge in [-0.25, -0.2) is 18.4 Å². The quantitative estimate of drug-likeness (QED) is 0.792. The van der Waals surface area contributed by atoms with Gasteiger partial charge in [-0.1, -0.05) is 11.6 Å². The molecule has 1 atom stereocenters. The highest BCUT2D eigenvalue weighted by Crippen LogP contribution is 2.25. The fraction of sp³-hybridized carbons (Fsp3) is 0.562. The lowest BCUT2D eigenvalue weighted by molar-refractivity contribution is -0.0371. The minimum absolute atomic E-state index is 0.0573. The third-order valence-electron chi connectivity index (χ3n) is 3.58. The van der Waals surface area contributed by atoms with Gasteiger partial charge in [0, 0.05) is 13.1 Å². The van der Waals surface area contributed by atoms with Gasteiger partial charge in [0.05, 0.1) is 34.9 Å². The van der Waals surface area contributed by atoms with E-state index in [0.29, 0.717) is 31.9 Å². The van der Waals surface area contributed by atoms with Gasteiger partial charge in [0.25, 0.3) is 0 Å². The van der Waals surface area contributed by atoms with Gasteiger partial charge in [0.2, 0.25) is 10.0 Å². The summed E-state index contributed by atoms with van der Waals surface area (Å²) in [5, 5.41) is 8.41. The van der Waals surface area contributed by atoms with Crippen LogP contribution in [0, 0.1) is 0 Å². The van der Waals surface area contributed by atoms with E-state index in [2.05, 4.69) is 5.32 Å². The summed E-state index contributed by atoms with van der Waals surface area (Å²) in [5.41, 5.74) is -0.00100. The van der Waals surface area contributed by atoms with Crippen LogP contribution in [0.5, 0.6) is 0 Å². The molecule has 3 N–H and O–H groups in total. The molecule has 2 rings (SSSR count). The van der Waals surface area contributed by atoms with Crippen molar-refractivity contribution < 1.29 is 22.7 Å². The Kier molecular flexibility index (Phi) is 6.38. The number of carbonyl (C=O) groups is 1. The number of carbonyl (C=O) groups excluding carboxylic acids is 1. The lowest BCUT2D eigenvalue weighted by Crippen LogP contribution is -2.49. The Labute approximate surface area is 158 Å². The SMILES string of the molecule is CC(C)(C)OC(=O)N1CCO[C@H](CNc2ccc(S(N)(=O)=O)cc2Cl)C1. The third-order valence-corrected chi connectivity index (χ3v) is 4.80. The predicted octanol–water partition coefficient (Wildman–Crippen LogP) is 2.04. The van der Waals surface area contributed by atoms with E-state index in [1.807, 2.05) is 20.8 Å². The number of primary sulfonamides is 1. The maximum absolute atomic E-state index is 12.2. The van der Waals surface area contributed by atoms with Crippen molar-refractivity contribution in [3.63, 3.8) is 0 Å². The Morgan fingerprint density at radius 2 is 2.15 bits per heavy atom. The Morgan fingerprint density at radius 1 is 1.46 bits per heavy atom. The van der Waals surface area contributed by atoms with Gasteiger partial charge < -0.3 is 19.7 Å². The van der Waals surface area contributed by atoms with Crippen LogP contribution < -0.4 is 10.5 Å². The van der Waals surface area contributed by atoms with Crippen molar-refractivity contribution in [2.45, 2.75) is 37.4 Å². The molecule has 10 heteroatoms. The highest BCUT2D eigenvalue weighted by Gasteiger charge is 2.28. The van der Waals surface area contributed by atoms with Gasteiger partial charge in [0.15, 0.2) is 0 Å². The molecule has 1 heterocycles. The van der Waals surface area contributed by atoms with Crippen LogP contribution in [0.2, 0.25) is 5.02 Å². The molecule has 1 fully saturated rings. The van der Waals surface area contributed by atoms with Crippen LogP contribution in [0.4, 0.5) is 10.5 Å². The zero-order valence-electron chi connectivity index (χ0n) is 15.0.